The Hall–Kier alpha value is -1.02. The van der Waals surface area contributed by atoms with Gasteiger partial charge in [0.25, 0.3) is 0 Å². The number of unbranched alkanes of at least 4 members (excludes halogenated alkanes) is 53. The van der Waals surface area contributed by atoms with Crippen molar-refractivity contribution in [3.05, 3.63) is 24.3 Å². The van der Waals surface area contributed by atoms with Crippen LogP contribution in [0.3, 0.4) is 0 Å². The van der Waals surface area contributed by atoms with E-state index < -0.39 is 20.0 Å². The number of quaternary nitrogens is 1. The lowest BCUT2D eigenvalue weighted by atomic mass is 10.0. The Kier molecular flexibility index (Phi) is 64.6. The second kappa shape index (κ2) is 65.4. The largest absolute Gasteiger partial charge is 0.472 e. The number of rotatable bonds is 70. The van der Waals surface area contributed by atoms with Crippen molar-refractivity contribution in [2.75, 3.05) is 40.9 Å². The number of aliphatic hydroxyl groups excluding tert-OH is 1. The fourth-order valence-corrected chi connectivity index (χ4v) is 12.4. The molecule has 0 bridgehead atoms. The molecule has 0 saturated heterocycles. The van der Waals surface area contributed by atoms with Gasteiger partial charge in [-0.15, -0.1) is 0 Å². The Labute approximate surface area is 519 Å². The topological polar surface area (TPSA) is 105 Å². The van der Waals surface area contributed by atoms with E-state index in [1.165, 1.54) is 321 Å². The van der Waals surface area contributed by atoms with E-state index in [1.807, 2.05) is 21.1 Å². The molecule has 0 aliphatic heterocycles. The Bertz CT molecular complexity index is 1400. The third-order valence-electron chi connectivity index (χ3n) is 17.5. The van der Waals surface area contributed by atoms with Crippen LogP contribution in [-0.2, 0) is 18.4 Å². The summed E-state index contributed by atoms with van der Waals surface area (Å²) < 4.78 is 23.9. The number of nitrogens with one attached hydrogen (secondary N) is 1. The van der Waals surface area contributed by atoms with Gasteiger partial charge in [-0.3, -0.25) is 13.8 Å². The lowest BCUT2D eigenvalue weighted by Gasteiger charge is -2.26. The summed E-state index contributed by atoms with van der Waals surface area (Å²) in [5.41, 5.74) is 0. The minimum Gasteiger partial charge on any atom is -0.391 e. The summed E-state index contributed by atoms with van der Waals surface area (Å²) in [6, 6.07) is -0.760. The lowest BCUT2D eigenvalue weighted by molar-refractivity contribution is -0.870. The number of hydrogen-bond acceptors (Lipinski definition) is 5. The van der Waals surface area contributed by atoms with Gasteiger partial charge < -0.3 is 19.8 Å². The molecule has 0 spiro atoms. The summed E-state index contributed by atoms with van der Waals surface area (Å²) in [5, 5.41) is 14.2. The molecule has 8 nitrogen and oxygen atoms in total. The normalized spacial score (nSPS) is 13.7. The van der Waals surface area contributed by atoms with E-state index in [4.69, 9.17) is 9.05 Å². The first-order valence-electron chi connectivity index (χ1n) is 37.2. The van der Waals surface area contributed by atoms with Crippen molar-refractivity contribution in [2.45, 2.75) is 405 Å². The molecular weight excluding hydrogens is 1040 g/mol. The quantitative estimate of drug-likeness (QED) is 0.0243. The summed E-state index contributed by atoms with van der Waals surface area (Å²) in [5.74, 6) is -0.135. The zero-order valence-electron chi connectivity index (χ0n) is 56.7. The van der Waals surface area contributed by atoms with Crippen molar-refractivity contribution < 1.29 is 32.9 Å². The summed E-state index contributed by atoms with van der Waals surface area (Å²) in [7, 11) is 1.64. The van der Waals surface area contributed by atoms with Crippen LogP contribution in [0.15, 0.2) is 24.3 Å². The van der Waals surface area contributed by atoms with Gasteiger partial charge in [0.1, 0.15) is 13.2 Å². The van der Waals surface area contributed by atoms with E-state index >= 15 is 0 Å². The molecule has 0 aliphatic carbocycles. The maximum Gasteiger partial charge on any atom is 0.472 e. The molecule has 0 saturated carbocycles. The highest BCUT2D eigenvalue weighted by Gasteiger charge is 2.28. The number of hydrogen-bond donors (Lipinski definition) is 3. The first-order valence-corrected chi connectivity index (χ1v) is 38.7. The van der Waals surface area contributed by atoms with Crippen molar-refractivity contribution in [3.8, 4) is 0 Å². The van der Waals surface area contributed by atoms with Gasteiger partial charge in [0, 0.05) is 6.42 Å². The average molecular weight is 1190 g/mol. The molecule has 0 aromatic carbocycles. The van der Waals surface area contributed by atoms with Crippen LogP contribution in [-0.4, -0.2) is 73.4 Å². The van der Waals surface area contributed by atoms with Crippen LogP contribution in [0.25, 0.3) is 0 Å². The first-order chi connectivity index (χ1) is 40.5. The third-order valence-corrected chi connectivity index (χ3v) is 18.4. The van der Waals surface area contributed by atoms with Crippen LogP contribution >= 0.6 is 7.82 Å². The van der Waals surface area contributed by atoms with Crippen molar-refractivity contribution >= 4 is 13.7 Å². The smallest absolute Gasteiger partial charge is 0.391 e. The molecule has 0 aromatic rings. The number of carbonyl (C=O) groups excluding carboxylic acids is 1. The molecule has 9 heteroatoms. The second-order valence-corrected chi connectivity index (χ2v) is 28.5. The Balaban J connectivity index is 3.97. The highest BCUT2D eigenvalue weighted by atomic mass is 31.2. The fraction of sp³-hybridized carbons (Fsp3) is 0.932. The van der Waals surface area contributed by atoms with E-state index in [9.17, 15) is 19.4 Å². The standard InChI is InChI=1S/C74H147N2O6P/c1-6-8-10-12-14-16-18-20-22-24-26-28-30-32-34-36-38-40-42-44-46-48-50-52-54-56-58-60-62-64-66-68-74(78)75-72(71-82-83(79,80)81-70-69-76(3,4)5)73(77)67-65-63-61-59-57-55-53-51-49-47-45-43-41-39-37-35-33-31-29-27-25-23-21-19-17-15-13-11-9-7-2/h18,20,24,26,72-73,77H,6-17,19,21-23,25,27-71H2,1-5H3,(H-,75,78,79,80)/p+1/b20-18-,26-24-. The van der Waals surface area contributed by atoms with Gasteiger partial charge in [-0.1, -0.05) is 366 Å². The predicted octanol–water partition coefficient (Wildman–Crippen LogP) is 23.8. The minimum atomic E-state index is -4.33. The highest BCUT2D eigenvalue weighted by Crippen LogP contribution is 2.43. The third kappa shape index (κ3) is 68.3. The fourth-order valence-electron chi connectivity index (χ4n) is 11.7. The van der Waals surface area contributed by atoms with Gasteiger partial charge in [0.15, 0.2) is 0 Å². The van der Waals surface area contributed by atoms with Crippen LogP contribution in [0.2, 0.25) is 0 Å². The van der Waals surface area contributed by atoms with Gasteiger partial charge in [0.2, 0.25) is 5.91 Å². The number of aliphatic hydroxyl groups is 1. The van der Waals surface area contributed by atoms with Crippen LogP contribution in [0.5, 0.6) is 0 Å². The zero-order valence-corrected chi connectivity index (χ0v) is 57.6. The van der Waals surface area contributed by atoms with Gasteiger partial charge in [-0.25, -0.2) is 4.57 Å². The number of phosphoric acid groups is 1. The molecule has 494 valence electrons. The van der Waals surface area contributed by atoms with E-state index in [0.717, 1.165) is 44.9 Å². The van der Waals surface area contributed by atoms with Gasteiger partial charge in [0.05, 0.1) is 39.9 Å². The predicted molar refractivity (Wildman–Crippen MR) is 365 cm³/mol. The SMILES string of the molecule is CCCCCCC/C=C\C/C=C\CCCCCCCCCCCCCCCCCCCCCC(=O)NC(COP(=O)(O)OCC[N+](C)(C)C)C(O)CCCCCCCCCCCCCCCCCCCCCCCCCCCCCCCC. The molecule has 3 N–H and O–H groups in total. The van der Waals surface area contributed by atoms with Crippen molar-refractivity contribution in [3.63, 3.8) is 0 Å². The molecule has 3 atom stereocenters. The van der Waals surface area contributed by atoms with Gasteiger partial charge >= 0.3 is 7.82 Å². The maximum atomic E-state index is 13.1. The van der Waals surface area contributed by atoms with E-state index in [0.29, 0.717) is 23.9 Å². The first kappa shape index (κ1) is 82.0. The molecular formula is C74H148N2O6P+. The Morgan fingerprint density at radius 1 is 0.410 bits per heavy atom. The molecule has 1 amide bonds. The van der Waals surface area contributed by atoms with E-state index in [1.54, 1.807) is 0 Å². The number of phosphoric ester groups is 1. The molecule has 0 heterocycles. The lowest BCUT2D eigenvalue weighted by Crippen LogP contribution is -2.46. The van der Waals surface area contributed by atoms with E-state index in [-0.39, 0.29) is 19.1 Å². The Morgan fingerprint density at radius 3 is 0.988 bits per heavy atom. The molecule has 0 fully saturated rings. The summed E-state index contributed by atoms with van der Waals surface area (Å²) in [4.78, 5) is 23.5. The number of allylic oxidation sites excluding steroid dienone is 4. The highest BCUT2D eigenvalue weighted by molar-refractivity contribution is 7.47. The van der Waals surface area contributed by atoms with Crippen LogP contribution < -0.4 is 5.32 Å². The van der Waals surface area contributed by atoms with Crippen molar-refractivity contribution in [2.24, 2.45) is 0 Å². The average Bonchev–Trinajstić information content (AvgIpc) is 3.49. The molecule has 0 aromatic heterocycles. The van der Waals surface area contributed by atoms with Crippen LogP contribution in [0.1, 0.15) is 393 Å². The summed E-state index contributed by atoms with van der Waals surface area (Å²) in [6.07, 6.45) is 85.8. The number of nitrogens with zero attached hydrogens (tertiary/aromatic N) is 1. The number of amides is 1. The summed E-state index contributed by atoms with van der Waals surface area (Å²) in [6.45, 7) is 4.95. The number of carbonyl (C=O) groups is 1. The van der Waals surface area contributed by atoms with Crippen molar-refractivity contribution in [1.29, 1.82) is 0 Å². The molecule has 3 unspecified atom stereocenters. The van der Waals surface area contributed by atoms with E-state index in [2.05, 4.69) is 43.5 Å². The second-order valence-electron chi connectivity index (χ2n) is 27.0. The van der Waals surface area contributed by atoms with Crippen LogP contribution in [0.4, 0.5) is 0 Å². The van der Waals surface area contributed by atoms with Gasteiger partial charge in [-0.2, -0.15) is 0 Å². The number of likely N-dealkylation sites (N-methyl/N-ethyl adjacent to an activating group) is 1. The maximum absolute atomic E-state index is 13.1. The monoisotopic (exact) mass is 1190 g/mol. The Morgan fingerprint density at radius 2 is 0.687 bits per heavy atom. The molecule has 0 rings (SSSR count). The molecule has 83 heavy (non-hydrogen) atoms. The minimum absolute atomic E-state index is 0.0776. The van der Waals surface area contributed by atoms with Crippen LogP contribution in [0, 0.1) is 0 Å². The molecule has 0 radical (unpaired) electrons. The molecule has 0 aliphatic rings. The van der Waals surface area contributed by atoms with Gasteiger partial charge in [-0.05, 0) is 44.9 Å². The van der Waals surface area contributed by atoms with Crippen molar-refractivity contribution in [1.82, 2.24) is 5.32 Å². The summed E-state index contributed by atoms with van der Waals surface area (Å²) >= 11 is 0. The zero-order chi connectivity index (χ0) is 60.5.